The maximum Gasteiger partial charge on any atom is 0.492 e. The topological polar surface area (TPSA) is 49.7 Å². The molecule has 3 nitrogen and oxygen atoms in total. The predicted molar refractivity (Wildman–Crippen MR) is 101 cm³/mol. The Hall–Kier alpha value is -1.88. The van der Waals surface area contributed by atoms with Gasteiger partial charge in [0.05, 0.1) is 11.2 Å². The molecule has 24 heavy (non-hydrogen) atoms. The van der Waals surface area contributed by atoms with Gasteiger partial charge >= 0.3 is 7.12 Å². The molecule has 0 aliphatic rings. The molecule has 0 saturated carbocycles. The van der Waals surface area contributed by atoms with Gasteiger partial charge in [-0.25, -0.2) is 0 Å². The van der Waals surface area contributed by atoms with Crippen molar-refractivity contribution < 1.29 is 14.8 Å². The minimum absolute atomic E-state index is 0.704. The first kappa shape index (κ1) is 17.0. The van der Waals surface area contributed by atoms with Crippen LogP contribution >= 0.6 is 0 Å². The number of benzene rings is 3. The van der Waals surface area contributed by atoms with Gasteiger partial charge in [0, 0.05) is 0 Å². The van der Waals surface area contributed by atoms with E-state index in [0.29, 0.717) is 5.46 Å². The van der Waals surface area contributed by atoms with Gasteiger partial charge in [0.1, 0.15) is 0 Å². The summed E-state index contributed by atoms with van der Waals surface area (Å²) < 4.78 is 5.81. The Labute approximate surface area is 143 Å². The minimum Gasteiger partial charge on any atom is -0.423 e. The number of aliphatic hydroxyl groups is 1. The van der Waals surface area contributed by atoms with E-state index < -0.39 is 18.3 Å². The maximum atomic E-state index is 10.7. The summed E-state index contributed by atoms with van der Waals surface area (Å²) in [6.07, 6.45) is 0. The van der Waals surface area contributed by atoms with Gasteiger partial charge in [0.15, 0.2) is 0 Å². The molecule has 0 aromatic heterocycles. The number of hydrogen-bond donors (Lipinski definition) is 2. The largest absolute Gasteiger partial charge is 0.492 e. The van der Waals surface area contributed by atoms with Crippen LogP contribution in [0.3, 0.4) is 0 Å². The summed E-state index contributed by atoms with van der Waals surface area (Å²) in [4.78, 5) is 0. The Kier molecular flexibility index (Phi) is 4.16. The van der Waals surface area contributed by atoms with Crippen molar-refractivity contribution in [3.63, 3.8) is 0 Å². The van der Waals surface area contributed by atoms with Crippen LogP contribution in [0, 0.1) is 0 Å². The van der Waals surface area contributed by atoms with E-state index in [-0.39, 0.29) is 0 Å². The van der Waals surface area contributed by atoms with Crippen molar-refractivity contribution >= 4 is 34.1 Å². The predicted octanol–water partition coefficient (Wildman–Crippen LogP) is 3.25. The van der Waals surface area contributed by atoms with E-state index in [9.17, 15) is 10.1 Å². The zero-order valence-corrected chi connectivity index (χ0v) is 14.6. The summed E-state index contributed by atoms with van der Waals surface area (Å²) in [6, 6.07) is 18.1. The highest BCUT2D eigenvalue weighted by Crippen LogP contribution is 2.27. The highest BCUT2D eigenvalue weighted by Gasteiger charge is 2.39. The molecule has 3 aromatic carbocycles. The van der Waals surface area contributed by atoms with Gasteiger partial charge < -0.3 is 14.8 Å². The summed E-state index contributed by atoms with van der Waals surface area (Å²) in [6.45, 7) is 6.90. The second kappa shape index (κ2) is 5.89. The SMILES string of the molecule is CC(C)(O)C(C)(C)OB(O)c1cccc2c1ccc1ccccc12. The lowest BCUT2D eigenvalue weighted by atomic mass is 9.74. The van der Waals surface area contributed by atoms with Gasteiger partial charge in [-0.2, -0.15) is 0 Å². The second-order valence-corrected chi connectivity index (χ2v) is 7.27. The van der Waals surface area contributed by atoms with E-state index in [0.717, 1.165) is 21.5 Å². The Morgan fingerprint density at radius 3 is 2.17 bits per heavy atom. The maximum absolute atomic E-state index is 10.7. The fraction of sp³-hybridized carbons (Fsp3) is 0.300. The lowest BCUT2D eigenvalue weighted by Gasteiger charge is -2.38. The van der Waals surface area contributed by atoms with Gasteiger partial charge in [0.25, 0.3) is 0 Å². The molecular weight excluding hydrogens is 299 g/mol. The molecule has 0 saturated heterocycles. The molecule has 0 bridgehead atoms. The summed E-state index contributed by atoms with van der Waals surface area (Å²) in [5.41, 5.74) is -1.27. The molecule has 4 heteroatoms. The third kappa shape index (κ3) is 2.93. The van der Waals surface area contributed by atoms with Gasteiger partial charge in [-0.05, 0) is 54.7 Å². The van der Waals surface area contributed by atoms with E-state index in [4.69, 9.17) is 4.65 Å². The molecule has 0 spiro atoms. The number of hydrogen-bond acceptors (Lipinski definition) is 3. The number of rotatable bonds is 4. The van der Waals surface area contributed by atoms with Crippen molar-refractivity contribution in [2.45, 2.75) is 38.9 Å². The Morgan fingerprint density at radius 1 is 0.792 bits per heavy atom. The number of fused-ring (bicyclic) bond motifs is 3. The fourth-order valence-electron chi connectivity index (χ4n) is 2.77. The molecule has 0 radical (unpaired) electrons. The molecule has 0 atom stereocenters. The average Bonchev–Trinajstić information content (AvgIpc) is 2.52. The summed E-state index contributed by atoms with van der Waals surface area (Å²) in [7, 11) is -1.11. The van der Waals surface area contributed by atoms with Crippen LogP contribution < -0.4 is 5.46 Å². The molecule has 3 aromatic rings. The van der Waals surface area contributed by atoms with E-state index >= 15 is 0 Å². The van der Waals surface area contributed by atoms with E-state index in [1.165, 1.54) is 0 Å². The fourth-order valence-corrected chi connectivity index (χ4v) is 2.77. The average molecular weight is 322 g/mol. The Balaban J connectivity index is 2.08. The van der Waals surface area contributed by atoms with E-state index in [1.54, 1.807) is 27.7 Å². The molecule has 0 unspecified atom stereocenters. The smallest absolute Gasteiger partial charge is 0.423 e. The third-order valence-electron chi connectivity index (χ3n) is 4.97. The molecule has 124 valence electrons. The minimum atomic E-state index is -1.11. The quantitative estimate of drug-likeness (QED) is 0.573. The molecule has 0 aliphatic heterocycles. The van der Waals surface area contributed by atoms with Crippen molar-refractivity contribution in [2.24, 2.45) is 0 Å². The van der Waals surface area contributed by atoms with Gasteiger partial charge in [-0.15, -0.1) is 0 Å². The normalized spacial score (nSPS) is 12.8. The van der Waals surface area contributed by atoms with E-state index in [1.807, 2.05) is 30.3 Å². The van der Waals surface area contributed by atoms with Crippen LogP contribution in [0.1, 0.15) is 27.7 Å². The van der Waals surface area contributed by atoms with Gasteiger partial charge in [0.2, 0.25) is 0 Å². The highest BCUT2D eigenvalue weighted by molar-refractivity contribution is 6.63. The molecule has 0 fully saturated rings. The van der Waals surface area contributed by atoms with Crippen LogP contribution in [0.4, 0.5) is 0 Å². The van der Waals surface area contributed by atoms with Crippen LogP contribution in [0.5, 0.6) is 0 Å². The van der Waals surface area contributed by atoms with Gasteiger partial charge in [-0.1, -0.05) is 54.6 Å². The summed E-state index contributed by atoms with van der Waals surface area (Å²) in [5.74, 6) is 0. The highest BCUT2D eigenvalue weighted by atomic mass is 16.5. The standard InChI is InChI=1S/C20H23BO3/c1-19(2,22)20(3,4)24-21(23)18-11-7-10-16-15-9-6-5-8-14(15)12-13-17(16)18/h5-13,22-23H,1-4H3. The van der Waals surface area contributed by atoms with E-state index in [2.05, 4.69) is 24.3 Å². The van der Waals surface area contributed by atoms with Crippen molar-refractivity contribution in [1.29, 1.82) is 0 Å². The van der Waals surface area contributed by atoms with Crippen LogP contribution in [-0.2, 0) is 4.65 Å². The summed E-state index contributed by atoms with van der Waals surface area (Å²) >= 11 is 0. The first-order chi connectivity index (χ1) is 11.2. The zero-order valence-electron chi connectivity index (χ0n) is 14.6. The Morgan fingerprint density at radius 2 is 1.46 bits per heavy atom. The lowest BCUT2D eigenvalue weighted by molar-refractivity contribution is -0.0982. The first-order valence-corrected chi connectivity index (χ1v) is 8.19. The first-order valence-electron chi connectivity index (χ1n) is 8.19. The summed E-state index contributed by atoms with van der Waals surface area (Å²) in [5, 5.41) is 25.3. The molecule has 0 amide bonds. The van der Waals surface area contributed by atoms with Crippen LogP contribution in [0.15, 0.2) is 54.6 Å². The molecule has 0 heterocycles. The second-order valence-electron chi connectivity index (χ2n) is 7.27. The van der Waals surface area contributed by atoms with Crippen LogP contribution in [0.2, 0.25) is 0 Å². The van der Waals surface area contributed by atoms with Crippen molar-refractivity contribution in [1.82, 2.24) is 0 Å². The third-order valence-corrected chi connectivity index (χ3v) is 4.97. The Bertz CT molecular complexity index is 881. The molecular formula is C20H23BO3. The lowest BCUT2D eigenvalue weighted by Crippen LogP contribution is -2.53. The van der Waals surface area contributed by atoms with Crippen molar-refractivity contribution in [3.05, 3.63) is 54.6 Å². The van der Waals surface area contributed by atoms with Gasteiger partial charge in [-0.3, -0.25) is 0 Å². The van der Waals surface area contributed by atoms with Crippen LogP contribution in [-0.4, -0.2) is 28.5 Å². The molecule has 0 aliphatic carbocycles. The van der Waals surface area contributed by atoms with Crippen molar-refractivity contribution in [3.8, 4) is 0 Å². The molecule has 2 N–H and O–H groups in total. The molecule has 3 rings (SSSR count). The van der Waals surface area contributed by atoms with Crippen molar-refractivity contribution in [2.75, 3.05) is 0 Å². The van der Waals surface area contributed by atoms with Crippen LogP contribution in [0.25, 0.3) is 21.5 Å². The monoisotopic (exact) mass is 322 g/mol. The zero-order chi connectivity index (χ0) is 17.5.